The molecule has 0 aliphatic carbocycles. The molecule has 2 rings (SSSR count). The molecule has 0 fully saturated rings. The van der Waals surface area contributed by atoms with Crippen molar-refractivity contribution in [2.24, 2.45) is 0 Å². The number of non-ortho nitro benzene ring substituents is 1. The number of benzene rings is 1. The van der Waals surface area contributed by atoms with Crippen LogP contribution in [0, 0.1) is 10.1 Å². The van der Waals surface area contributed by atoms with Crippen molar-refractivity contribution < 1.29 is 4.92 Å². The van der Waals surface area contributed by atoms with E-state index in [1.165, 1.54) is 6.07 Å². The van der Waals surface area contributed by atoms with E-state index < -0.39 is 0 Å². The van der Waals surface area contributed by atoms with Gasteiger partial charge in [-0.3, -0.25) is 10.1 Å². The molecule has 0 spiro atoms. The Hall–Kier alpha value is -1.23. The number of hydrogen-bond acceptors (Lipinski definition) is 4. The number of hydrogen-bond donors (Lipinski definition) is 1. The minimum Gasteiger partial charge on any atom is -0.383 e. The van der Waals surface area contributed by atoms with Crippen LogP contribution in [0.5, 0.6) is 0 Å². The number of nitrogens with one attached hydrogen (secondary N) is 1. The van der Waals surface area contributed by atoms with E-state index in [2.05, 4.69) is 12.2 Å². The molecule has 0 bridgehead atoms. The number of nitro groups is 1. The number of rotatable bonds is 1. The summed E-state index contributed by atoms with van der Waals surface area (Å²) < 4.78 is 0. The van der Waals surface area contributed by atoms with E-state index in [4.69, 9.17) is 0 Å². The van der Waals surface area contributed by atoms with Crippen molar-refractivity contribution in [3.63, 3.8) is 0 Å². The Kier molecular flexibility index (Phi) is 2.33. The lowest BCUT2D eigenvalue weighted by atomic mass is 10.2. The lowest BCUT2D eigenvalue weighted by Crippen LogP contribution is -2.18. The first-order chi connectivity index (χ1) is 6.66. The minimum atomic E-state index is -0.361. The largest absolute Gasteiger partial charge is 0.383 e. The Balaban J connectivity index is 2.37. The van der Waals surface area contributed by atoms with Gasteiger partial charge in [0.1, 0.15) is 0 Å². The standard InChI is InChI=1S/C9H10N2O2S/c1-6-5-10-8-3-2-7(11(12)13)4-9(8)14-6/h2-4,6,10H,5H2,1H3. The third-order valence-electron chi connectivity index (χ3n) is 2.08. The number of nitro benzene ring substituents is 1. The molecule has 1 aliphatic heterocycles. The lowest BCUT2D eigenvalue weighted by Gasteiger charge is -2.22. The van der Waals surface area contributed by atoms with Gasteiger partial charge in [0.15, 0.2) is 0 Å². The van der Waals surface area contributed by atoms with Crippen molar-refractivity contribution >= 4 is 23.1 Å². The van der Waals surface area contributed by atoms with Gasteiger partial charge in [-0.2, -0.15) is 0 Å². The summed E-state index contributed by atoms with van der Waals surface area (Å²) in [4.78, 5) is 11.2. The molecule has 1 atom stereocenters. The Morgan fingerprint density at radius 1 is 1.64 bits per heavy atom. The molecule has 1 aliphatic rings. The van der Waals surface area contributed by atoms with Crippen LogP contribution < -0.4 is 5.32 Å². The predicted octanol–water partition coefficient (Wildman–Crippen LogP) is 2.50. The van der Waals surface area contributed by atoms with Crippen LogP contribution in [0.1, 0.15) is 6.92 Å². The molecular weight excluding hydrogens is 200 g/mol. The molecule has 1 heterocycles. The van der Waals surface area contributed by atoms with Gasteiger partial charge in [0, 0.05) is 34.5 Å². The highest BCUT2D eigenvalue weighted by Gasteiger charge is 2.17. The van der Waals surface area contributed by atoms with Crippen molar-refractivity contribution in [1.29, 1.82) is 0 Å². The van der Waals surface area contributed by atoms with Gasteiger partial charge in [0.05, 0.1) is 4.92 Å². The molecule has 0 aromatic heterocycles. The maximum absolute atomic E-state index is 10.5. The highest BCUT2D eigenvalue weighted by molar-refractivity contribution is 8.00. The van der Waals surface area contributed by atoms with Gasteiger partial charge in [0.25, 0.3) is 5.69 Å². The fraction of sp³-hybridized carbons (Fsp3) is 0.333. The Bertz CT molecular complexity index is 381. The van der Waals surface area contributed by atoms with Crippen LogP contribution in [0.4, 0.5) is 11.4 Å². The second-order valence-electron chi connectivity index (χ2n) is 3.25. The average molecular weight is 210 g/mol. The second kappa shape index (κ2) is 3.49. The number of nitrogens with zero attached hydrogens (tertiary/aromatic N) is 1. The van der Waals surface area contributed by atoms with Crippen molar-refractivity contribution in [2.75, 3.05) is 11.9 Å². The molecule has 5 heteroatoms. The van der Waals surface area contributed by atoms with Gasteiger partial charge in [0.2, 0.25) is 0 Å². The van der Waals surface area contributed by atoms with Crippen molar-refractivity contribution in [3.05, 3.63) is 28.3 Å². The molecule has 0 saturated carbocycles. The summed E-state index contributed by atoms with van der Waals surface area (Å²) in [7, 11) is 0. The maximum atomic E-state index is 10.5. The van der Waals surface area contributed by atoms with Gasteiger partial charge in [-0.25, -0.2) is 0 Å². The SMILES string of the molecule is CC1CNc2ccc([N+](=O)[O-])cc2S1. The highest BCUT2D eigenvalue weighted by Crippen LogP contribution is 2.36. The smallest absolute Gasteiger partial charge is 0.270 e. The first-order valence-corrected chi connectivity index (χ1v) is 5.24. The van der Waals surface area contributed by atoms with Gasteiger partial charge >= 0.3 is 0 Å². The summed E-state index contributed by atoms with van der Waals surface area (Å²) in [5, 5.41) is 14.2. The van der Waals surface area contributed by atoms with Crippen LogP contribution in [0.2, 0.25) is 0 Å². The van der Waals surface area contributed by atoms with Gasteiger partial charge in [-0.05, 0) is 6.07 Å². The zero-order chi connectivity index (χ0) is 10.1. The quantitative estimate of drug-likeness (QED) is 0.571. The summed E-state index contributed by atoms with van der Waals surface area (Å²) in [5.41, 5.74) is 1.16. The van der Waals surface area contributed by atoms with Crippen LogP contribution in [0.25, 0.3) is 0 Å². The van der Waals surface area contributed by atoms with Gasteiger partial charge in [-0.1, -0.05) is 6.92 Å². The molecule has 0 saturated heterocycles. The summed E-state index contributed by atoms with van der Waals surface area (Å²) in [5.74, 6) is 0. The summed E-state index contributed by atoms with van der Waals surface area (Å²) in [6.45, 7) is 3.01. The Morgan fingerprint density at radius 3 is 3.14 bits per heavy atom. The number of fused-ring (bicyclic) bond motifs is 1. The predicted molar refractivity (Wildman–Crippen MR) is 56.9 cm³/mol. The monoisotopic (exact) mass is 210 g/mol. The molecule has 4 nitrogen and oxygen atoms in total. The van der Waals surface area contributed by atoms with E-state index in [1.807, 2.05) is 0 Å². The molecule has 1 unspecified atom stereocenters. The van der Waals surface area contributed by atoms with E-state index in [-0.39, 0.29) is 10.6 Å². The molecule has 74 valence electrons. The van der Waals surface area contributed by atoms with E-state index >= 15 is 0 Å². The van der Waals surface area contributed by atoms with Crippen LogP contribution in [0.15, 0.2) is 23.1 Å². The third-order valence-corrected chi connectivity index (χ3v) is 3.24. The van der Waals surface area contributed by atoms with E-state index in [9.17, 15) is 10.1 Å². The molecule has 0 radical (unpaired) electrons. The molecule has 14 heavy (non-hydrogen) atoms. The molecular formula is C9H10N2O2S. The van der Waals surface area contributed by atoms with Crippen LogP contribution >= 0.6 is 11.8 Å². The van der Waals surface area contributed by atoms with Crippen molar-refractivity contribution in [2.45, 2.75) is 17.1 Å². The molecule has 1 aromatic rings. The van der Waals surface area contributed by atoms with Crippen LogP contribution in [0.3, 0.4) is 0 Å². The summed E-state index contributed by atoms with van der Waals surface area (Å²) >= 11 is 1.68. The van der Waals surface area contributed by atoms with E-state index in [0.29, 0.717) is 5.25 Å². The Labute approximate surface area is 85.8 Å². The summed E-state index contributed by atoms with van der Waals surface area (Å²) in [6.07, 6.45) is 0. The fourth-order valence-corrected chi connectivity index (χ4v) is 2.44. The van der Waals surface area contributed by atoms with Crippen LogP contribution in [-0.2, 0) is 0 Å². The molecule has 0 amide bonds. The number of thioether (sulfide) groups is 1. The normalized spacial score (nSPS) is 19.6. The van der Waals surface area contributed by atoms with Gasteiger partial charge in [-0.15, -0.1) is 11.8 Å². The highest BCUT2D eigenvalue weighted by atomic mass is 32.2. The van der Waals surface area contributed by atoms with E-state index in [1.54, 1.807) is 23.9 Å². The summed E-state index contributed by atoms with van der Waals surface area (Å²) in [6, 6.07) is 4.93. The molecule has 1 aromatic carbocycles. The third kappa shape index (κ3) is 1.68. The first-order valence-electron chi connectivity index (χ1n) is 4.36. The zero-order valence-corrected chi connectivity index (χ0v) is 8.50. The van der Waals surface area contributed by atoms with Crippen molar-refractivity contribution in [1.82, 2.24) is 0 Å². The lowest BCUT2D eigenvalue weighted by molar-refractivity contribution is -0.385. The van der Waals surface area contributed by atoms with E-state index in [0.717, 1.165) is 17.1 Å². The zero-order valence-electron chi connectivity index (χ0n) is 7.69. The topological polar surface area (TPSA) is 55.2 Å². The fourth-order valence-electron chi connectivity index (χ4n) is 1.38. The minimum absolute atomic E-state index is 0.159. The van der Waals surface area contributed by atoms with Gasteiger partial charge < -0.3 is 5.32 Å². The average Bonchev–Trinajstić information content (AvgIpc) is 2.16. The van der Waals surface area contributed by atoms with Crippen LogP contribution in [-0.4, -0.2) is 16.7 Å². The number of anilines is 1. The second-order valence-corrected chi connectivity index (χ2v) is 4.73. The first kappa shape index (κ1) is 9.33. The molecule has 1 N–H and O–H groups in total. The maximum Gasteiger partial charge on any atom is 0.270 e. The Morgan fingerprint density at radius 2 is 2.43 bits per heavy atom. The van der Waals surface area contributed by atoms with Crippen molar-refractivity contribution in [3.8, 4) is 0 Å².